The average Bonchev–Trinajstić information content (AvgIpc) is 3.22. The van der Waals surface area contributed by atoms with E-state index in [1.807, 2.05) is 0 Å². The Bertz CT molecular complexity index is 458. The minimum absolute atomic E-state index is 0.340. The van der Waals surface area contributed by atoms with Crippen molar-refractivity contribution in [1.82, 2.24) is 10.2 Å². The van der Waals surface area contributed by atoms with E-state index in [0.717, 1.165) is 12.5 Å². The molecular weight excluding hydrogens is 244 g/mol. The Balaban J connectivity index is 1.75. The molecule has 1 atom stereocenters. The van der Waals surface area contributed by atoms with Crippen molar-refractivity contribution in [2.24, 2.45) is 5.92 Å². The number of aryl methyl sites for hydroxylation is 2. The Kier molecular flexibility index (Phi) is 3.87. The van der Waals surface area contributed by atoms with Crippen LogP contribution in [0.3, 0.4) is 0 Å². The fourth-order valence-corrected chi connectivity index (χ4v) is 3.73. The summed E-state index contributed by atoms with van der Waals surface area (Å²) >= 11 is 0. The smallest absolute Gasteiger partial charge is 0.0308 e. The first-order chi connectivity index (χ1) is 9.58. The minimum Gasteiger partial charge on any atom is -0.310 e. The van der Waals surface area contributed by atoms with Crippen molar-refractivity contribution >= 4 is 0 Å². The second-order valence-corrected chi connectivity index (χ2v) is 7.05. The van der Waals surface area contributed by atoms with Crippen LogP contribution in [0.2, 0.25) is 0 Å². The van der Waals surface area contributed by atoms with E-state index in [4.69, 9.17) is 0 Å². The van der Waals surface area contributed by atoms with Crippen LogP contribution in [-0.2, 0) is 6.54 Å². The third-order valence-electron chi connectivity index (χ3n) is 5.24. The van der Waals surface area contributed by atoms with Gasteiger partial charge in [-0.3, -0.25) is 4.90 Å². The van der Waals surface area contributed by atoms with Crippen LogP contribution in [-0.4, -0.2) is 30.1 Å². The first-order valence-corrected chi connectivity index (χ1v) is 8.11. The number of nitrogens with zero attached hydrogens (tertiary/aromatic N) is 1. The van der Waals surface area contributed by atoms with Gasteiger partial charge in [0, 0.05) is 18.6 Å². The molecule has 1 unspecified atom stereocenters. The molecule has 0 amide bonds. The fraction of sp³-hybridized carbons (Fsp3) is 0.667. The lowest BCUT2D eigenvalue weighted by Gasteiger charge is -2.34. The molecule has 1 saturated carbocycles. The van der Waals surface area contributed by atoms with Crippen molar-refractivity contribution in [3.05, 3.63) is 34.9 Å². The standard InChI is InChI=1S/C18H28N2/c1-14-6-4-7-15(2)17(14)12-20-11-5-10-19-18(3,13-20)16-8-9-16/h4,6-7,16,19H,5,8-13H2,1-3H3. The molecule has 1 heterocycles. The number of hydrogen-bond acceptors (Lipinski definition) is 2. The minimum atomic E-state index is 0.340. The Morgan fingerprint density at radius 2 is 1.95 bits per heavy atom. The largest absolute Gasteiger partial charge is 0.310 e. The number of rotatable bonds is 3. The summed E-state index contributed by atoms with van der Waals surface area (Å²) in [5.41, 5.74) is 4.76. The van der Waals surface area contributed by atoms with Crippen molar-refractivity contribution in [3.8, 4) is 0 Å². The zero-order valence-electron chi connectivity index (χ0n) is 13.2. The van der Waals surface area contributed by atoms with Gasteiger partial charge in [-0.05, 0) is 75.7 Å². The van der Waals surface area contributed by atoms with Gasteiger partial charge in [0.1, 0.15) is 0 Å². The number of benzene rings is 1. The quantitative estimate of drug-likeness (QED) is 0.908. The van der Waals surface area contributed by atoms with Crippen LogP contribution >= 0.6 is 0 Å². The lowest BCUT2D eigenvalue weighted by atomic mass is 9.94. The van der Waals surface area contributed by atoms with Crippen LogP contribution in [0.4, 0.5) is 0 Å². The highest BCUT2D eigenvalue weighted by Gasteiger charge is 2.42. The molecule has 0 radical (unpaired) electrons. The van der Waals surface area contributed by atoms with Crippen molar-refractivity contribution in [2.75, 3.05) is 19.6 Å². The molecule has 1 aliphatic carbocycles. The summed E-state index contributed by atoms with van der Waals surface area (Å²) in [6.45, 7) is 11.7. The van der Waals surface area contributed by atoms with E-state index >= 15 is 0 Å². The maximum Gasteiger partial charge on any atom is 0.0308 e. The second kappa shape index (κ2) is 5.50. The molecule has 0 spiro atoms. The van der Waals surface area contributed by atoms with Gasteiger partial charge in [0.15, 0.2) is 0 Å². The molecule has 0 aromatic heterocycles. The van der Waals surface area contributed by atoms with Crippen molar-refractivity contribution in [3.63, 3.8) is 0 Å². The third-order valence-corrected chi connectivity index (χ3v) is 5.24. The van der Waals surface area contributed by atoms with E-state index in [1.165, 1.54) is 55.6 Å². The molecular formula is C18H28N2. The second-order valence-electron chi connectivity index (χ2n) is 7.05. The van der Waals surface area contributed by atoms with Crippen molar-refractivity contribution in [2.45, 2.75) is 52.1 Å². The average molecular weight is 272 g/mol. The molecule has 1 aliphatic heterocycles. The fourth-order valence-electron chi connectivity index (χ4n) is 3.73. The summed E-state index contributed by atoms with van der Waals surface area (Å²) in [4.78, 5) is 2.67. The van der Waals surface area contributed by atoms with Gasteiger partial charge in [0.05, 0.1) is 0 Å². The highest BCUT2D eigenvalue weighted by atomic mass is 15.2. The number of nitrogens with one attached hydrogen (secondary N) is 1. The summed E-state index contributed by atoms with van der Waals surface area (Å²) in [5.74, 6) is 0.904. The summed E-state index contributed by atoms with van der Waals surface area (Å²) in [7, 11) is 0. The van der Waals surface area contributed by atoms with Crippen molar-refractivity contribution < 1.29 is 0 Å². The zero-order valence-corrected chi connectivity index (χ0v) is 13.2. The van der Waals surface area contributed by atoms with E-state index in [1.54, 1.807) is 0 Å². The molecule has 20 heavy (non-hydrogen) atoms. The van der Waals surface area contributed by atoms with E-state index in [-0.39, 0.29) is 0 Å². The normalized spacial score (nSPS) is 28.4. The molecule has 1 N–H and O–H groups in total. The van der Waals surface area contributed by atoms with Gasteiger partial charge in [-0.25, -0.2) is 0 Å². The molecule has 2 nitrogen and oxygen atoms in total. The van der Waals surface area contributed by atoms with Crippen LogP contribution in [0.1, 0.15) is 42.9 Å². The lowest BCUT2D eigenvalue weighted by Crippen LogP contribution is -2.50. The third kappa shape index (κ3) is 2.91. The molecule has 1 aromatic carbocycles. The monoisotopic (exact) mass is 272 g/mol. The molecule has 1 aromatic rings. The van der Waals surface area contributed by atoms with Crippen LogP contribution in [0.25, 0.3) is 0 Å². The molecule has 1 saturated heterocycles. The highest BCUT2D eigenvalue weighted by Crippen LogP contribution is 2.40. The maximum atomic E-state index is 3.82. The SMILES string of the molecule is Cc1cccc(C)c1CN1CCCNC(C)(C2CC2)C1. The predicted molar refractivity (Wildman–Crippen MR) is 84.9 cm³/mol. The lowest BCUT2D eigenvalue weighted by molar-refractivity contribution is 0.194. The zero-order chi connectivity index (χ0) is 14.2. The number of hydrogen-bond donors (Lipinski definition) is 1. The first kappa shape index (κ1) is 14.1. The van der Waals surface area contributed by atoms with Gasteiger partial charge in [-0.15, -0.1) is 0 Å². The summed E-state index contributed by atoms with van der Waals surface area (Å²) in [6.07, 6.45) is 4.11. The summed E-state index contributed by atoms with van der Waals surface area (Å²) in [5, 5.41) is 3.82. The Labute approximate surface area is 123 Å². The van der Waals surface area contributed by atoms with Gasteiger partial charge < -0.3 is 5.32 Å². The Morgan fingerprint density at radius 1 is 1.25 bits per heavy atom. The molecule has 2 fully saturated rings. The van der Waals surface area contributed by atoms with E-state index in [2.05, 4.69) is 49.2 Å². The van der Waals surface area contributed by atoms with E-state index < -0.39 is 0 Å². The van der Waals surface area contributed by atoms with Crippen LogP contribution in [0.15, 0.2) is 18.2 Å². The first-order valence-electron chi connectivity index (χ1n) is 8.11. The molecule has 110 valence electrons. The summed E-state index contributed by atoms with van der Waals surface area (Å²) < 4.78 is 0. The van der Waals surface area contributed by atoms with Crippen molar-refractivity contribution in [1.29, 1.82) is 0 Å². The molecule has 0 bridgehead atoms. The molecule has 3 rings (SSSR count). The van der Waals surface area contributed by atoms with Crippen LogP contribution in [0, 0.1) is 19.8 Å². The van der Waals surface area contributed by atoms with E-state index in [9.17, 15) is 0 Å². The van der Waals surface area contributed by atoms with Crippen LogP contribution in [0.5, 0.6) is 0 Å². The summed E-state index contributed by atoms with van der Waals surface area (Å²) in [6, 6.07) is 6.67. The Hall–Kier alpha value is -0.860. The predicted octanol–water partition coefficient (Wildman–Crippen LogP) is 3.27. The maximum absolute atomic E-state index is 3.82. The van der Waals surface area contributed by atoms with Crippen LogP contribution < -0.4 is 5.32 Å². The van der Waals surface area contributed by atoms with Gasteiger partial charge in [-0.1, -0.05) is 18.2 Å². The Morgan fingerprint density at radius 3 is 2.60 bits per heavy atom. The molecule has 2 heteroatoms. The van der Waals surface area contributed by atoms with Gasteiger partial charge in [-0.2, -0.15) is 0 Å². The van der Waals surface area contributed by atoms with Gasteiger partial charge in [0.25, 0.3) is 0 Å². The van der Waals surface area contributed by atoms with Gasteiger partial charge in [0.2, 0.25) is 0 Å². The van der Waals surface area contributed by atoms with Gasteiger partial charge >= 0.3 is 0 Å². The topological polar surface area (TPSA) is 15.3 Å². The highest BCUT2D eigenvalue weighted by molar-refractivity contribution is 5.33. The molecule has 2 aliphatic rings. The van der Waals surface area contributed by atoms with E-state index in [0.29, 0.717) is 5.54 Å².